The molecule has 3 rings (SSSR count). The molecule has 2 heterocycles. The van der Waals surface area contributed by atoms with Crippen molar-refractivity contribution in [3.63, 3.8) is 0 Å². The second-order valence-electron chi connectivity index (χ2n) is 6.90. The molecule has 4 N–H and O–H groups in total. The molecule has 0 spiro atoms. The van der Waals surface area contributed by atoms with Crippen molar-refractivity contribution in [2.75, 3.05) is 56.0 Å². The summed E-state index contributed by atoms with van der Waals surface area (Å²) >= 11 is 0. The van der Waals surface area contributed by atoms with Gasteiger partial charge in [0.2, 0.25) is 5.91 Å². The Kier molecular flexibility index (Phi) is 7.54. The molecule has 8 nitrogen and oxygen atoms in total. The standard InChI is InChI=1S/C21H28N6O2/c22-9-11-24-21(29)17-5-1-2-6-18(17)25-20(28)8-12-26-13-15-27(16-14-26)19-7-3-4-10-23-19/h1-7,10H,8-9,11-16,22H2,(H,24,29)(H,25,28). The zero-order chi connectivity index (χ0) is 20.5. The van der Waals surface area contributed by atoms with Crippen LogP contribution < -0.4 is 21.3 Å². The largest absolute Gasteiger partial charge is 0.354 e. The summed E-state index contributed by atoms with van der Waals surface area (Å²) in [6.07, 6.45) is 2.18. The Morgan fingerprint density at radius 1 is 1.03 bits per heavy atom. The van der Waals surface area contributed by atoms with Crippen molar-refractivity contribution >= 4 is 23.3 Å². The first-order valence-electron chi connectivity index (χ1n) is 9.93. The van der Waals surface area contributed by atoms with Gasteiger partial charge < -0.3 is 21.3 Å². The highest BCUT2D eigenvalue weighted by Gasteiger charge is 2.19. The highest BCUT2D eigenvalue weighted by atomic mass is 16.2. The molecule has 8 heteroatoms. The van der Waals surface area contributed by atoms with Crippen LogP contribution in [0.3, 0.4) is 0 Å². The highest BCUT2D eigenvalue weighted by molar-refractivity contribution is 6.03. The lowest BCUT2D eigenvalue weighted by Crippen LogP contribution is -2.47. The first kappa shape index (κ1) is 20.8. The lowest BCUT2D eigenvalue weighted by molar-refractivity contribution is -0.116. The Morgan fingerprint density at radius 3 is 2.52 bits per heavy atom. The fourth-order valence-corrected chi connectivity index (χ4v) is 3.28. The van der Waals surface area contributed by atoms with Crippen LogP contribution in [0.2, 0.25) is 0 Å². The third kappa shape index (κ3) is 6.00. The zero-order valence-corrected chi connectivity index (χ0v) is 16.5. The number of hydrogen-bond acceptors (Lipinski definition) is 6. The Hall–Kier alpha value is -2.97. The quantitative estimate of drug-likeness (QED) is 0.613. The Bertz CT molecular complexity index is 806. The van der Waals surface area contributed by atoms with Crippen molar-refractivity contribution in [3.8, 4) is 0 Å². The third-order valence-electron chi connectivity index (χ3n) is 4.88. The molecule has 1 aromatic heterocycles. The Balaban J connectivity index is 1.46. The van der Waals surface area contributed by atoms with Crippen molar-refractivity contribution in [2.45, 2.75) is 6.42 Å². The van der Waals surface area contributed by atoms with Crippen molar-refractivity contribution in [1.82, 2.24) is 15.2 Å². The smallest absolute Gasteiger partial charge is 0.253 e. The number of piperazine rings is 1. The summed E-state index contributed by atoms with van der Waals surface area (Å²) in [6, 6.07) is 12.9. The lowest BCUT2D eigenvalue weighted by Gasteiger charge is -2.35. The summed E-state index contributed by atoms with van der Waals surface area (Å²) in [6.45, 7) is 5.01. The summed E-state index contributed by atoms with van der Waals surface area (Å²) in [5.74, 6) is 0.655. The number of pyridine rings is 1. The molecule has 0 aliphatic carbocycles. The average Bonchev–Trinajstić information content (AvgIpc) is 2.77. The van der Waals surface area contributed by atoms with Gasteiger partial charge in [0, 0.05) is 58.4 Å². The monoisotopic (exact) mass is 396 g/mol. The minimum Gasteiger partial charge on any atom is -0.354 e. The van der Waals surface area contributed by atoms with Gasteiger partial charge in [0.05, 0.1) is 11.3 Å². The number of para-hydroxylation sites is 1. The first-order valence-corrected chi connectivity index (χ1v) is 9.93. The van der Waals surface area contributed by atoms with E-state index in [9.17, 15) is 9.59 Å². The number of aromatic nitrogens is 1. The van der Waals surface area contributed by atoms with E-state index in [2.05, 4.69) is 25.4 Å². The van der Waals surface area contributed by atoms with E-state index in [0.29, 0.717) is 37.3 Å². The minimum atomic E-state index is -0.239. The van der Waals surface area contributed by atoms with Crippen LogP contribution in [0.5, 0.6) is 0 Å². The predicted molar refractivity (Wildman–Crippen MR) is 114 cm³/mol. The first-order chi connectivity index (χ1) is 14.2. The van der Waals surface area contributed by atoms with E-state index in [1.54, 1.807) is 30.5 Å². The van der Waals surface area contributed by atoms with Crippen LogP contribution in [0.25, 0.3) is 0 Å². The molecular weight excluding hydrogens is 368 g/mol. The number of carbonyl (C=O) groups is 2. The summed E-state index contributed by atoms with van der Waals surface area (Å²) < 4.78 is 0. The van der Waals surface area contributed by atoms with E-state index >= 15 is 0 Å². The van der Waals surface area contributed by atoms with Crippen LogP contribution in [0.1, 0.15) is 16.8 Å². The molecule has 1 saturated heterocycles. The SMILES string of the molecule is NCCNC(=O)c1ccccc1NC(=O)CCN1CCN(c2ccccn2)CC1. The van der Waals surface area contributed by atoms with E-state index < -0.39 is 0 Å². The van der Waals surface area contributed by atoms with Gasteiger partial charge in [-0.3, -0.25) is 14.5 Å². The number of hydrogen-bond donors (Lipinski definition) is 3. The summed E-state index contributed by atoms with van der Waals surface area (Å²) in [5, 5.41) is 5.59. The highest BCUT2D eigenvalue weighted by Crippen LogP contribution is 2.16. The van der Waals surface area contributed by atoms with Crippen LogP contribution in [-0.2, 0) is 4.79 Å². The number of benzene rings is 1. The molecule has 0 saturated carbocycles. The molecular formula is C21H28N6O2. The molecule has 1 aliphatic heterocycles. The van der Waals surface area contributed by atoms with E-state index in [0.717, 1.165) is 32.0 Å². The van der Waals surface area contributed by atoms with Gasteiger partial charge in [-0.25, -0.2) is 4.98 Å². The maximum Gasteiger partial charge on any atom is 0.253 e. The van der Waals surface area contributed by atoms with Crippen molar-refractivity contribution < 1.29 is 9.59 Å². The van der Waals surface area contributed by atoms with Crippen molar-refractivity contribution in [2.24, 2.45) is 5.73 Å². The topological polar surface area (TPSA) is 104 Å². The molecule has 0 unspecified atom stereocenters. The molecule has 1 aromatic carbocycles. The summed E-state index contributed by atoms with van der Waals surface area (Å²) in [5.41, 5.74) is 6.39. The second-order valence-corrected chi connectivity index (χ2v) is 6.90. The van der Waals surface area contributed by atoms with Crippen LogP contribution in [0.4, 0.5) is 11.5 Å². The molecule has 0 bridgehead atoms. The fourth-order valence-electron chi connectivity index (χ4n) is 3.28. The number of rotatable bonds is 8. The van der Waals surface area contributed by atoms with Gasteiger partial charge in [0.1, 0.15) is 5.82 Å². The summed E-state index contributed by atoms with van der Waals surface area (Å²) in [7, 11) is 0. The molecule has 1 aliphatic rings. The maximum atomic E-state index is 12.4. The number of nitrogens with zero attached hydrogens (tertiary/aromatic N) is 3. The molecule has 154 valence electrons. The number of nitrogens with one attached hydrogen (secondary N) is 2. The fraction of sp³-hybridized carbons (Fsp3) is 0.381. The van der Waals surface area contributed by atoms with Crippen LogP contribution in [-0.4, -0.2) is 67.5 Å². The predicted octanol–water partition coefficient (Wildman–Crippen LogP) is 0.921. The van der Waals surface area contributed by atoms with E-state index in [4.69, 9.17) is 5.73 Å². The maximum absolute atomic E-state index is 12.4. The number of carbonyl (C=O) groups excluding carboxylic acids is 2. The van der Waals surface area contributed by atoms with Gasteiger partial charge in [0.15, 0.2) is 0 Å². The Labute approximate surface area is 171 Å². The van der Waals surface area contributed by atoms with Gasteiger partial charge in [-0.2, -0.15) is 0 Å². The number of nitrogens with two attached hydrogens (primary N) is 1. The Morgan fingerprint density at radius 2 is 1.79 bits per heavy atom. The van der Waals surface area contributed by atoms with Crippen LogP contribution in [0, 0.1) is 0 Å². The normalized spacial score (nSPS) is 14.4. The van der Waals surface area contributed by atoms with Gasteiger partial charge in [-0.15, -0.1) is 0 Å². The zero-order valence-electron chi connectivity index (χ0n) is 16.5. The van der Waals surface area contributed by atoms with Crippen LogP contribution in [0.15, 0.2) is 48.7 Å². The van der Waals surface area contributed by atoms with E-state index in [1.165, 1.54) is 0 Å². The minimum absolute atomic E-state index is 0.101. The molecule has 2 amide bonds. The molecule has 29 heavy (non-hydrogen) atoms. The van der Waals surface area contributed by atoms with Crippen LogP contribution >= 0.6 is 0 Å². The lowest BCUT2D eigenvalue weighted by atomic mass is 10.1. The van der Waals surface area contributed by atoms with Crippen molar-refractivity contribution in [3.05, 3.63) is 54.2 Å². The molecule has 2 aromatic rings. The second kappa shape index (κ2) is 10.5. The van der Waals surface area contributed by atoms with E-state index in [1.807, 2.05) is 18.2 Å². The molecule has 0 radical (unpaired) electrons. The van der Waals surface area contributed by atoms with Gasteiger partial charge in [-0.05, 0) is 24.3 Å². The average molecular weight is 396 g/mol. The number of amides is 2. The van der Waals surface area contributed by atoms with Gasteiger partial charge >= 0.3 is 0 Å². The molecule has 0 atom stereocenters. The number of anilines is 2. The van der Waals surface area contributed by atoms with Gasteiger partial charge in [0.25, 0.3) is 5.91 Å². The van der Waals surface area contributed by atoms with E-state index in [-0.39, 0.29) is 11.8 Å². The molecule has 1 fully saturated rings. The third-order valence-corrected chi connectivity index (χ3v) is 4.88. The summed E-state index contributed by atoms with van der Waals surface area (Å²) in [4.78, 5) is 33.6. The van der Waals surface area contributed by atoms with Gasteiger partial charge in [-0.1, -0.05) is 18.2 Å². The van der Waals surface area contributed by atoms with Crippen molar-refractivity contribution in [1.29, 1.82) is 0 Å².